The van der Waals surface area contributed by atoms with Crippen molar-refractivity contribution in [2.24, 2.45) is 0 Å². The van der Waals surface area contributed by atoms with E-state index in [2.05, 4.69) is 16.0 Å². The van der Waals surface area contributed by atoms with E-state index in [9.17, 15) is 13.7 Å². The minimum absolute atomic E-state index is 0.0500. The van der Waals surface area contributed by atoms with Crippen LogP contribution < -0.4 is 18.7 Å². The van der Waals surface area contributed by atoms with E-state index in [4.69, 9.17) is 9.47 Å². The van der Waals surface area contributed by atoms with Gasteiger partial charge in [0.15, 0.2) is 5.54 Å². The van der Waals surface area contributed by atoms with Crippen molar-refractivity contribution in [3.8, 4) is 17.6 Å². The Morgan fingerprint density at radius 1 is 0.867 bits per heavy atom. The number of fused-ring (bicyclic) bond motifs is 1. The van der Waals surface area contributed by atoms with Gasteiger partial charge in [-0.05, 0) is 74.5 Å². The molecular weight excluding hydrogens is 590 g/mol. The summed E-state index contributed by atoms with van der Waals surface area (Å²) < 4.78 is 41.3. The Bertz CT molecular complexity index is 1850. The molecule has 10 nitrogen and oxygen atoms in total. The Hall–Kier alpha value is -4.92. The summed E-state index contributed by atoms with van der Waals surface area (Å²) in [4.78, 5) is 23.5. The molecule has 45 heavy (non-hydrogen) atoms. The van der Waals surface area contributed by atoms with Gasteiger partial charge in [-0.3, -0.25) is 14.7 Å². The highest BCUT2D eigenvalue weighted by molar-refractivity contribution is 7.93. The number of pyridine rings is 1. The van der Waals surface area contributed by atoms with Crippen LogP contribution in [-0.2, 0) is 20.4 Å². The molecule has 3 heterocycles. The van der Waals surface area contributed by atoms with E-state index in [0.717, 1.165) is 9.99 Å². The predicted octanol–water partition coefficient (Wildman–Crippen LogP) is 4.55. The molecule has 0 bridgehead atoms. The molecule has 0 aliphatic carbocycles. The standard InChI is InChI=1S/C34H33N5O5S/c1-3-43-27-10-12-28(13-11-27)45(41,42)39-31-14-9-25(24-35)23-30(31)34(33(39)40,29-7-5-6-8-32(29)44-4-2)38-21-19-37(20-22-38)26-15-17-36-18-16-26/h5-18,23H,3-4,19-22H2,1-2H3. The van der Waals surface area contributed by atoms with Crippen LogP contribution >= 0.6 is 0 Å². The number of rotatable bonds is 9. The van der Waals surface area contributed by atoms with Crippen LogP contribution in [0, 0.1) is 11.3 Å². The SMILES string of the molecule is CCOc1ccc(S(=O)(=O)N2C(=O)C(c3ccccc3OCC)(N3CCN(c4ccncc4)CC3)c3cc(C#N)ccc32)cc1. The molecule has 1 fully saturated rings. The molecule has 1 unspecified atom stereocenters. The molecule has 1 aromatic heterocycles. The average molecular weight is 624 g/mol. The van der Waals surface area contributed by atoms with Gasteiger partial charge in [-0.1, -0.05) is 18.2 Å². The number of amides is 1. The van der Waals surface area contributed by atoms with Gasteiger partial charge in [0.2, 0.25) is 0 Å². The molecule has 2 aliphatic heterocycles. The van der Waals surface area contributed by atoms with Gasteiger partial charge in [0, 0.05) is 55.4 Å². The van der Waals surface area contributed by atoms with Crippen LogP contribution in [0.4, 0.5) is 11.4 Å². The Morgan fingerprint density at radius 2 is 1.56 bits per heavy atom. The second-order valence-corrected chi connectivity index (χ2v) is 12.4. The zero-order chi connectivity index (χ0) is 31.6. The maximum absolute atomic E-state index is 15.2. The van der Waals surface area contributed by atoms with Crippen molar-refractivity contribution >= 4 is 27.3 Å². The van der Waals surface area contributed by atoms with E-state index in [1.165, 1.54) is 12.1 Å². The number of piperazine rings is 1. The first-order chi connectivity index (χ1) is 21.9. The van der Waals surface area contributed by atoms with Crippen LogP contribution in [0.2, 0.25) is 0 Å². The lowest BCUT2D eigenvalue weighted by atomic mass is 9.80. The molecule has 0 saturated carbocycles. The fraction of sp³-hybridized carbons (Fsp3) is 0.265. The number of carbonyl (C=O) groups is 1. The topological polar surface area (TPSA) is 116 Å². The molecule has 1 amide bonds. The van der Waals surface area contributed by atoms with E-state index < -0.39 is 21.5 Å². The molecule has 1 saturated heterocycles. The maximum Gasteiger partial charge on any atom is 0.271 e. The van der Waals surface area contributed by atoms with Crippen molar-refractivity contribution in [3.05, 3.63) is 108 Å². The van der Waals surface area contributed by atoms with Gasteiger partial charge < -0.3 is 14.4 Å². The smallest absolute Gasteiger partial charge is 0.271 e. The third-order valence-corrected chi connectivity index (χ3v) is 9.97. The molecular formula is C34H33N5O5S. The monoisotopic (exact) mass is 623 g/mol. The fourth-order valence-corrected chi connectivity index (χ4v) is 7.76. The highest BCUT2D eigenvalue weighted by Crippen LogP contribution is 2.53. The summed E-state index contributed by atoms with van der Waals surface area (Å²) in [6, 6.07) is 24.1. The molecule has 6 rings (SSSR count). The van der Waals surface area contributed by atoms with Crippen LogP contribution in [0.5, 0.6) is 11.5 Å². The van der Waals surface area contributed by atoms with Crippen molar-refractivity contribution in [1.29, 1.82) is 5.26 Å². The van der Waals surface area contributed by atoms with Gasteiger partial charge in [-0.2, -0.15) is 5.26 Å². The lowest BCUT2D eigenvalue weighted by molar-refractivity contribution is -0.127. The van der Waals surface area contributed by atoms with Gasteiger partial charge in [0.1, 0.15) is 11.5 Å². The molecule has 4 aromatic rings. The quantitative estimate of drug-likeness (QED) is 0.265. The van der Waals surface area contributed by atoms with E-state index in [1.54, 1.807) is 48.8 Å². The number of aromatic nitrogens is 1. The van der Waals surface area contributed by atoms with Crippen molar-refractivity contribution in [3.63, 3.8) is 0 Å². The highest BCUT2D eigenvalue weighted by Gasteiger charge is 2.60. The van der Waals surface area contributed by atoms with Gasteiger partial charge in [-0.15, -0.1) is 0 Å². The zero-order valence-electron chi connectivity index (χ0n) is 25.1. The third-order valence-electron chi connectivity index (χ3n) is 8.26. The number of nitrogens with zero attached hydrogens (tertiary/aromatic N) is 5. The average Bonchev–Trinajstić information content (AvgIpc) is 3.34. The van der Waals surface area contributed by atoms with E-state index in [0.29, 0.717) is 67.6 Å². The minimum Gasteiger partial charge on any atom is -0.494 e. The summed E-state index contributed by atoms with van der Waals surface area (Å²) in [7, 11) is -4.39. The Labute approximate surface area is 263 Å². The zero-order valence-corrected chi connectivity index (χ0v) is 25.9. The summed E-state index contributed by atoms with van der Waals surface area (Å²) in [6.45, 7) is 6.50. The first kappa shape index (κ1) is 30.1. The van der Waals surface area contributed by atoms with Gasteiger partial charge in [0.05, 0.1) is 35.4 Å². The number of hydrogen-bond donors (Lipinski definition) is 0. The number of sulfonamides is 1. The molecule has 1 atom stereocenters. The summed E-state index contributed by atoms with van der Waals surface area (Å²) in [5.41, 5.74) is 0.890. The maximum atomic E-state index is 15.2. The second kappa shape index (κ2) is 12.2. The molecule has 0 radical (unpaired) electrons. The lowest BCUT2D eigenvalue weighted by Gasteiger charge is -2.46. The number of para-hydroxylation sites is 1. The summed E-state index contributed by atoms with van der Waals surface area (Å²) in [6.07, 6.45) is 3.48. The van der Waals surface area contributed by atoms with Gasteiger partial charge >= 0.3 is 0 Å². The number of ether oxygens (including phenoxy) is 2. The van der Waals surface area contributed by atoms with Crippen molar-refractivity contribution < 1.29 is 22.7 Å². The molecule has 0 spiro atoms. The first-order valence-electron chi connectivity index (χ1n) is 14.9. The van der Waals surface area contributed by atoms with Crippen LogP contribution in [0.25, 0.3) is 0 Å². The first-order valence-corrected chi connectivity index (χ1v) is 16.3. The molecule has 11 heteroatoms. The Balaban J connectivity index is 1.54. The van der Waals surface area contributed by atoms with E-state index >= 15 is 4.79 Å². The van der Waals surface area contributed by atoms with Gasteiger partial charge in [-0.25, -0.2) is 12.7 Å². The summed E-state index contributed by atoms with van der Waals surface area (Å²) >= 11 is 0. The normalized spacial score (nSPS) is 18.4. The van der Waals surface area contributed by atoms with Crippen LogP contribution in [0.15, 0.2) is 96.2 Å². The highest BCUT2D eigenvalue weighted by atomic mass is 32.2. The lowest BCUT2D eigenvalue weighted by Crippen LogP contribution is -2.60. The predicted molar refractivity (Wildman–Crippen MR) is 170 cm³/mol. The summed E-state index contributed by atoms with van der Waals surface area (Å²) in [5, 5.41) is 9.93. The van der Waals surface area contributed by atoms with E-state index in [-0.39, 0.29) is 10.6 Å². The fourth-order valence-electron chi connectivity index (χ4n) is 6.30. The molecule has 0 N–H and O–H groups in total. The largest absolute Gasteiger partial charge is 0.494 e. The van der Waals surface area contributed by atoms with Crippen molar-refractivity contribution in [2.75, 3.05) is 48.6 Å². The van der Waals surface area contributed by atoms with Crippen LogP contribution in [0.1, 0.15) is 30.5 Å². The minimum atomic E-state index is -4.39. The number of carbonyl (C=O) groups excluding carboxylic acids is 1. The van der Waals surface area contributed by atoms with Crippen molar-refractivity contribution in [1.82, 2.24) is 9.88 Å². The molecule has 3 aromatic carbocycles. The second-order valence-electron chi connectivity index (χ2n) is 10.6. The summed E-state index contributed by atoms with van der Waals surface area (Å²) in [5.74, 6) is 0.347. The third kappa shape index (κ3) is 5.06. The molecule has 230 valence electrons. The van der Waals surface area contributed by atoms with Crippen molar-refractivity contribution in [2.45, 2.75) is 24.3 Å². The Kier molecular flexibility index (Phi) is 8.18. The molecule has 2 aliphatic rings. The Morgan fingerprint density at radius 3 is 2.22 bits per heavy atom. The van der Waals surface area contributed by atoms with Gasteiger partial charge in [0.25, 0.3) is 15.9 Å². The van der Waals surface area contributed by atoms with Crippen LogP contribution in [-0.4, -0.2) is 63.6 Å². The van der Waals surface area contributed by atoms with E-state index in [1.807, 2.05) is 49.1 Å². The van der Waals surface area contributed by atoms with Crippen LogP contribution in [0.3, 0.4) is 0 Å². The number of benzene rings is 3. The number of nitriles is 1. The number of hydrogen-bond acceptors (Lipinski definition) is 9. The number of anilines is 2.